The Balaban J connectivity index is 1.89. The molecule has 4 heteroatoms. The summed E-state index contributed by atoms with van der Waals surface area (Å²) in [5.74, 6) is 2.64. The number of rotatable bonds is 1. The minimum atomic E-state index is 0.138. The molecule has 98 valence electrons. The highest BCUT2D eigenvalue weighted by atomic mass is 32.2. The highest BCUT2D eigenvalue weighted by Crippen LogP contribution is 2.64. The first kappa shape index (κ1) is 11.6. The summed E-state index contributed by atoms with van der Waals surface area (Å²) < 4.78 is 0. The summed E-state index contributed by atoms with van der Waals surface area (Å²) in [5.41, 5.74) is 0.245. The van der Waals surface area contributed by atoms with Gasteiger partial charge < -0.3 is 4.98 Å². The van der Waals surface area contributed by atoms with E-state index in [9.17, 15) is 4.79 Å². The Hall–Kier alpha value is -0.220. The summed E-state index contributed by atoms with van der Waals surface area (Å²) in [6, 6.07) is 0. The number of nitrogens with one attached hydrogen (secondary N) is 1. The van der Waals surface area contributed by atoms with Crippen LogP contribution in [0.15, 0.2) is 9.82 Å². The lowest BCUT2D eigenvalue weighted by atomic mass is 9.66. The molecule has 1 aromatic heterocycles. The molecule has 1 aliphatic heterocycles. The fraction of sp³-hybridized carbons (Fsp3) is 0.786. The first-order valence-electron chi connectivity index (χ1n) is 7.03. The first-order chi connectivity index (χ1) is 8.63. The third kappa shape index (κ3) is 1.29. The van der Waals surface area contributed by atoms with E-state index in [2.05, 4.69) is 18.8 Å². The summed E-state index contributed by atoms with van der Waals surface area (Å²) in [5, 5.41) is 1.97. The molecule has 0 saturated heterocycles. The molecule has 2 nitrogen and oxygen atoms in total. The lowest BCUT2D eigenvalue weighted by Crippen LogP contribution is -2.44. The second-order valence-electron chi connectivity index (χ2n) is 6.39. The first-order valence-corrected chi connectivity index (χ1v) is 8.73. The average molecular weight is 281 g/mol. The molecular formula is C14H19NOS2. The third-order valence-electron chi connectivity index (χ3n) is 5.70. The van der Waals surface area contributed by atoms with Crippen LogP contribution in [0.4, 0.5) is 0 Å². The van der Waals surface area contributed by atoms with Gasteiger partial charge in [0, 0.05) is 15.5 Å². The van der Waals surface area contributed by atoms with Gasteiger partial charge in [-0.15, -0.1) is 11.8 Å². The van der Waals surface area contributed by atoms with Crippen molar-refractivity contribution in [3.63, 3.8) is 0 Å². The molecule has 0 spiro atoms. The fourth-order valence-corrected chi connectivity index (χ4v) is 7.95. The molecule has 2 aliphatic carbocycles. The molecule has 3 aliphatic rings. The van der Waals surface area contributed by atoms with E-state index >= 15 is 0 Å². The molecule has 18 heavy (non-hydrogen) atoms. The van der Waals surface area contributed by atoms with Crippen molar-refractivity contribution in [2.75, 3.05) is 0 Å². The Morgan fingerprint density at radius 1 is 1.39 bits per heavy atom. The van der Waals surface area contributed by atoms with E-state index < -0.39 is 0 Å². The maximum Gasteiger partial charge on any atom is 0.305 e. The van der Waals surface area contributed by atoms with Crippen molar-refractivity contribution >= 4 is 23.1 Å². The summed E-state index contributed by atoms with van der Waals surface area (Å²) in [7, 11) is 0. The summed E-state index contributed by atoms with van der Waals surface area (Å²) in [6.45, 7) is 4.71. The maximum atomic E-state index is 11.7. The van der Waals surface area contributed by atoms with Crippen molar-refractivity contribution in [1.29, 1.82) is 0 Å². The number of hydrogen-bond donors (Lipinski definition) is 1. The van der Waals surface area contributed by atoms with Crippen molar-refractivity contribution in [1.82, 2.24) is 4.98 Å². The van der Waals surface area contributed by atoms with E-state index in [-0.39, 0.29) is 10.3 Å². The van der Waals surface area contributed by atoms with E-state index in [4.69, 9.17) is 0 Å². The number of thiazole rings is 1. The normalized spacial score (nSPS) is 45.0. The number of thioether (sulfide) groups is 1. The van der Waals surface area contributed by atoms with Gasteiger partial charge in [0.25, 0.3) is 0 Å². The second-order valence-corrected chi connectivity index (χ2v) is 8.56. The smallest absolute Gasteiger partial charge is 0.305 e. The van der Waals surface area contributed by atoms with Gasteiger partial charge in [0.05, 0.1) is 5.03 Å². The van der Waals surface area contributed by atoms with Crippen LogP contribution in [-0.4, -0.2) is 10.2 Å². The van der Waals surface area contributed by atoms with Crippen molar-refractivity contribution < 1.29 is 0 Å². The van der Waals surface area contributed by atoms with E-state index in [1.165, 1.54) is 46.9 Å². The lowest BCUT2D eigenvalue weighted by Gasteiger charge is -2.46. The van der Waals surface area contributed by atoms with Gasteiger partial charge in [0.2, 0.25) is 0 Å². The lowest BCUT2D eigenvalue weighted by molar-refractivity contribution is 0.195. The Morgan fingerprint density at radius 2 is 2.17 bits per heavy atom. The zero-order chi connectivity index (χ0) is 12.5. The maximum absolute atomic E-state index is 11.7. The Bertz CT molecular complexity index is 548. The third-order valence-corrected chi connectivity index (χ3v) is 8.48. The molecular weight excluding hydrogens is 262 g/mol. The standard InChI is InChI=1S/C14H19NOS2/c1-3-14(2)9-7-4-5-8(6-7)10(9)17-12-11(14)18-13(16)15-12/h7-10H,3-6H2,1-2H3,(H,15,16)/t7-,8-,9+,10-,14-/m0/s1. The van der Waals surface area contributed by atoms with Gasteiger partial charge in [0.15, 0.2) is 0 Å². The van der Waals surface area contributed by atoms with Crippen LogP contribution >= 0.6 is 23.1 Å². The van der Waals surface area contributed by atoms with Crippen LogP contribution in [0.1, 0.15) is 44.4 Å². The molecule has 4 rings (SSSR count). The van der Waals surface area contributed by atoms with Crippen LogP contribution in [0.3, 0.4) is 0 Å². The van der Waals surface area contributed by atoms with Crippen LogP contribution in [0.5, 0.6) is 0 Å². The van der Waals surface area contributed by atoms with Crippen molar-refractivity contribution in [3.8, 4) is 0 Å². The minimum absolute atomic E-state index is 0.138. The fourth-order valence-electron chi connectivity index (χ4n) is 4.75. The van der Waals surface area contributed by atoms with E-state index in [0.29, 0.717) is 0 Å². The predicted octanol–water partition coefficient (Wildman–Crippen LogP) is 3.62. The van der Waals surface area contributed by atoms with Crippen LogP contribution in [0.2, 0.25) is 0 Å². The average Bonchev–Trinajstić information content (AvgIpc) is 3.02. The van der Waals surface area contributed by atoms with E-state index in [0.717, 1.165) is 23.0 Å². The molecule has 2 fully saturated rings. The van der Waals surface area contributed by atoms with Crippen molar-refractivity contribution in [2.24, 2.45) is 17.8 Å². The highest BCUT2D eigenvalue weighted by Gasteiger charge is 2.58. The van der Waals surface area contributed by atoms with E-state index in [1.54, 1.807) is 0 Å². The molecule has 5 atom stereocenters. The molecule has 2 bridgehead atoms. The number of aromatic amines is 1. The van der Waals surface area contributed by atoms with Gasteiger partial charge >= 0.3 is 4.87 Å². The molecule has 1 N–H and O–H groups in total. The molecule has 2 saturated carbocycles. The van der Waals surface area contributed by atoms with Gasteiger partial charge in [-0.05, 0) is 43.4 Å². The quantitative estimate of drug-likeness (QED) is 0.852. The Kier molecular flexibility index (Phi) is 2.36. The van der Waals surface area contributed by atoms with Gasteiger partial charge in [-0.2, -0.15) is 0 Å². The van der Waals surface area contributed by atoms with Crippen LogP contribution in [-0.2, 0) is 5.41 Å². The van der Waals surface area contributed by atoms with Crippen LogP contribution < -0.4 is 4.87 Å². The molecule has 0 amide bonds. The number of fused-ring (bicyclic) bond motifs is 6. The van der Waals surface area contributed by atoms with Crippen LogP contribution in [0, 0.1) is 17.8 Å². The van der Waals surface area contributed by atoms with Gasteiger partial charge in [0.1, 0.15) is 0 Å². The molecule has 0 unspecified atom stereocenters. The monoisotopic (exact) mass is 281 g/mol. The summed E-state index contributed by atoms with van der Waals surface area (Å²) in [4.78, 5) is 16.3. The second kappa shape index (κ2) is 3.66. The highest BCUT2D eigenvalue weighted by molar-refractivity contribution is 8.00. The molecule has 0 aromatic carbocycles. The number of aromatic nitrogens is 1. The number of hydrogen-bond acceptors (Lipinski definition) is 3. The Labute approximate surface area is 116 Å². The predicted molar refractivity (Wildman–Crippen MR) is 76.5 cm³/mol. The SMILES string of the molecule is CC[C@]1(C)c2sc(=O)[nH]c2S[C@H]2[C@H]3CC[C@@H](C3)[C@H]21. The minimum Gasteiger partial charge on any atom is -0.307 e. The van der Waals surface area contributed by atoms with Gasteiger partial charge in [-0.25, -0.2) is 0 Å². The van der Waals surface area contributed by atoms with Crippen molar-refractivity contribution in [3.05, 3.63) is 14.5 Å². The molecule has 0 radical (unpaired) electrons. The molecule has 2 heterocycles. The topological polar surface area (TPSA) is 32.9 Å². The zero-order valence-corrected chi connectivity index (χ0v) is 12.5. The van der Waals surface area contributed by atoms with Gasteiger partial charge in [-0.1, -0.05) is 25.2 Å². The Morgan fingerprint density at radius 3 is 2.94 bits per heavy atom. The van der Waals surface area contributed by atoms with Crippen molar-refractivity contribution in [2.45, 2.75) is 55.2 Å². The number of H-pyrrole nitrogens is 1. The molecule has 1 aromatic rings. The van der Waals surface area contributed by atoms with E-state index in [1.807, 2.05) is 11.8 Å². The summed E-state index contributed by atoms with van der Waals surface area (Å²) in [6.07, 6.45) is 5.45. The zero-order valence-electron chi connectivity index (χ0n) is 10.9. The summed E-state index contributed by atoms with van der Waals surface area (Å²) >= 11 is 3.45. The largest absolute Gasteiger partial charge is 0.307 e. The van der Waals surface area contributed by atoms with Crippen LogP contribution in [0.25, 0.3) is 0 Å². The van der Waals surface area contributed by atoms with Gasteiger partial charge in [-0.3, -0.25) is 4.79 Å².